The zero-order chi connectivity index (χ0) is 23.3. The van der Waals surface area contributed by atoms with Gasteiger partial charge < -0.3 is 14.8 Å². The van der Waals surface area contributed by atoms with Gasteiger partial charge in [0.15, 0.2) is 11.5 Å². The smallest absolute Gasteiger partial charge is 0.267 e. The van der Waals surface area contributed by atoms with Crippen molar-refractivity contribution in [1.82, 2.24) is 9.78 Å². The van der Waals surface area contributed by atoms with E-state index < -0.39 is 0 Å². The molecule has 1 aliphatic rings. The van der Waals surface area contributed by atoms with E-state index in [1.54, 1.807) is 6.07 Å². The number of rotatable bonds is 5. The van der Waals surface area contributed by atoms with Crippen LogP contribution in [0.25, 0.3) is 22.4 Å². The lowest BCUT2D eigenvalue weighted by atomic mass is 10.0. The van der Waals surface area contributed by atoms with Gasteiger partial charge in [-0.15, -0.1) is 0 Å². The highest BCUT2D eigenvalue weighted by molar-refractivity contribution is 5.95. The monoisotopic (exact) mass is 453 g/mol. The van der Waals surface area contributed by atoms with Crippen molar-refractivity contribution in [3.05, 3.63) is 95.3 Å². The lowest BCUT2D eigenvalue weighted by molar-refractivity contribution is -0.117. The molecule has 7 heteroatoms. The van der Waals surface area contributed by atoms with E-state index >= 15 is 0 Å². The second-order valence-electron chi connectivity index (χ2n) is 7.89. The summed E-state index contributed by atoms with van der Waals surface area (Å²) in [6, 6.07) is 26.0. The van der Waals surface area contributed by atoms with E-state index in [0.717, 1.165) is 23.1 Å². The Morgan fingerprint density at radius 1 is 0.853 bits per heavy atom. The van der Waals surface area contributed by atoms with Crippen LogP contribution in [-0.2, 0) is 11.3 Å². The maximum absolute atomic E-state index is 12.8. The molecule has 170 valence electrons. The van der Waals surface area contributed by atoms with Crippen molar-refractivity contribution < 1.29 is 14.3 Å². The number of ether oxygens (including phenoxy) is 2. The molecule has 0 fully saturated rings. The number of carbonyl (C=O) groups is 1. The van der Waals surface area contributed by atoms with Crippen LogP contribution >= 0.6 is 0 Å². The summed E-state index contributed by atoms with van der Waals surface area (Å²) in [5.74, 6) is 0.990. The second-order valence-corrected chi connectivity index (χ2v) is 7.89. The fourth-order valence-corrected chi connectivity index (χ4v) is 3.83. The van der Waals surface area contributed by atoms with Gasteiger partial charge in [-0.25, -0.2) is 4.68 Å². The number of nitrogens with zero attached hydrogens (tertiary/aromatic N) is 2. The molecule has 1 aromatic heterocycles. The van der Waals surface area contributed by atoms with Gasteiger partial charge in [-0.2, -0.15) is 5.10 Å². The number of carbonyl (C=O) groups excluding carboxylic acids is 1. The summed E-state index contributed by atoms with van der Waals surface area (Å²) in [6.07, 6.45) is 0.815. The average Bonchev–Trinajstić information content (AvgIpc) is 3.11. The third kappa shape index (κ3) is 4.68. The maximum Gasteiger partial charge on any atom is 0.267 e. The zero-order valence-corrected chi connectivity index (χ0v) is 18.4. The lowest BCUT2D eigenvalue weighted by Crippen LogP contribution is -2.29. The van der Waals surface area contributed by atoms with Crippen molar-refractivity contribution >= 4 is 11.6 Å². The number of aromatic nitrogens is 2. The van der Waals surface area contributed by atoms with Crippen LogP contribution in [0.3, 0.4) is 0 Å². The molecule has 0 saturated carbocycles. The Balaban J connectivity index is 1.37. The van der Waals surface area contributed by atoms with E-state index in [-0.39, 0.29) is 18.0 Å². The molecule has 3 aromatic carbocycles. The van der Waals surface area contributed by atoms with Crippen LogP contribution in [-0.4, -0.2) is 28.9 Å². The number of benzene rings is 3. The molecule has 1 amide bonds. The summed E-state index contributed by atoms with van der Waals surface area (Å²) < 4.78 is 12.6. The third-order valence-corrected chi connectivity index (χ3v) is 5.49. The van der Waals surface area contributed by atoms with Gasteiger partial charge in [0.2, 0.25) is 5.91 Å². The van der Waals surface area contributed by atoms with Gasteiger partial charge in [0.05, 0.1) is 18.9 Å². The Bertz CT molecular complexity index is 1380. The van der Waals surface area contributed by atoms with Gasteiger partial charge in [0.1, 0.15) is 6.54 Å². The summed E-state index contributed by atoms with van der Waals surface area (Å²) in [7, 11) is 0. The Morgan fingerprint density at radius 3 is 2.47 bits per heavy atom. The van der Waals surface area contributed by atoms with E-state index in [1.807, 2.05) is 72.8 Å². The van der Waals surface area contributed by atoms with E-state index in [2.05, 4.69) is 10.4 Å². The number of nitrogens with one attached hydrogen (secondary N) is 1. The fourth-order valence-electron chi connectivity index (χ4n) is 3.83. The van der Waals surface area contributed by atoms with Gasteiger partial charge in [0.25, 0.3) is 5.56 Å². The van der Waals surface area contributed by atoms with Crippen LogP contribution in [0.5, 0.6) is 11.5 Å². The van der Waals surface area contributed by atoms with Crippen molar-refractivity contribution in [3.63, 3.8) is 0 Å². The number of para-hydroxylation sites is 1. The molecule has 2 heterocycles. The van der Waals surface area contributed by atoms with Gasteiger partial charge in [-0.05, 0) is 35.9 Å². The van der Waals surface area contributed by atoms with Crippen molar-refractivity contribution in [2.75, 3.05) is 18.5 Å². The van der Waals surface area contributed by atoms with Crippen molar-refractivity contribution in [1.29, 1.82) is 0 Å². The molecule has 0 saturated heterocycles. The fraction of sp³-hybridized carbons (Fsp3) is 0.148. The highest BCUT2D eigenvalue weighted by atomic mass is 16.5. The highest BCUT2D eigenvalue weighted by Crippen LogP contribution is 2.33. The number of fused-ring (bicyclic) bond motifs is 1. The van der Waals surface area contributed by atoms with Gasteiger partial charge in [0, 0.05) is 29.3 Å². The molecule has 34 heavy (non-hydrogen) atoms. The summed E-state index contributed by atoms with van der Waals surface area (Å²) in [5.41, 5.74) is 3.54. The van der Waals surface area contributed by atoms with Gasteiger partial charge in [-0.3, -0.25) is 9.59 Å². The van der Waals surface area contributed by atoms with E-state index in [4.69, 9.17) is 9.47 Å². The number of hydrogen-bond acceptors (Lipinski definition) is 5. The Hall–Kier alpha value is -4.39. The van der Waals surface area contributed by atoms with Crippen LogP contribution in [0.1, 0.15) is 6.42 Å². The molecule has 7 nitrogen and oxygen atoms in total. The van der Waals surface area contributed by atoms with Gasteiger partial charge >= 0.3 is 0 Å². The molecule has 1 N–H and O–H groups in total. The van der Waals surface area contributed by atoms with Crippen molar-refractivity contribution in [2.24, 2.45) is 0 Å². The van der Waals surface area contributed by atoms with E-state index in [0.29, 0.717) is 36.1 Å². The number of hydrogen-bond donors (Lipinski definition) is 1. The molecule has 0 aliphatic carbocycles. The maximum atomic E-state index is 12.8. The number of amides is 1. The Labute approximate surface area is 196 Å². The first-order chi connectivity index (χ1) is 16.7. The average molecular weight is 453 g/mol. The summed E-state index contributed by atoms with van der Waals surface area (Å²) in [4.78, 5) is 25.3. The highest BCUT2D eigenvalue weighted by Gasteiger charge is 2.14. The van der Waals surface area contributed by atoms with Crippen LogP contribution in [0.2, 0.25) is 0 Å². The molecular formula is C27H23N3O4. The largest absolute Gasteiger partial charge is 0.490 e. The summed E-state index contributed by atoms with van der Waals surface area (Å²) in [5, 5.41) is 7.34. The topological polar surface area (TPSA) is 82.5 Å². The second kappa shape index (κ2) is 9.62. The first-order valence-corrected chi connectivity index (χ1v) is 11.1. The van der Waals surface area contributed by atoms with Crippen LogP contribution in [0.4, 0.5) is 5.69 Å². The predicted molar refractivity (Wildman–Crippen MR) is 130 cm³/mol. The minimum atomic E-state index is -0.357. The summed E-state index contributed by atoms with van der Waals surface area (Å²) >= 11 is 0. The molecule has 4 aromatic rings. The minimum Gasteiger partial charge on any atom is -0.490 e. The van der Waals surface area contributed by atoms with E-state index in [1.165, 1.54) is 10.7 Å². The quantitative estimate of drug-likeness (QED) is 0.485. The van der Waals surface area contributed by atoms with Gasteiger partial charge in [-0.1, -0.05) is 48.5 Å². The molecule has 0 spiro atoms. The van der Waals surface area contributed by atoms with Crippen molar-refractivity contribution in [3.8, 4) is 33.9 Å². The molecule has 0 bridgehead atoms. The Morgan fingerprint density at radius 2 is 1.62 bits per heavy atom. The standard InChI is InChI=1S/C27H23N3O4/c31-26(28-23-10-5-4-9-21(23)19-7-2-1-3-8-19)18-30-27(32)14-12-22(29-30)20-11-13-24-25(17-20)34-16-6-15-33-24/h1-5,7-14,17H,6,15-16,18H2,(H,28,31). The first-order valence-electron chi connectivity index (χ1n) is 11.1. The van der Waals surface area contributed by atoms with E-state index in [9.17, 15) is 9.59 Å². The normalized spacial score (nSPS) is 12.6. The summed E-state index contributed by atoms with van der Waals surface area (Å²) in [6.45, 7) is 0.979. The van der Waals surface area contributed by atoms with Crippen LogP contribution < -0.4 is 20.3 Å². The molecule has 5 rings (SSSR count). The molecular weight excluding hydrogens is 430 g/mol. The molecule has 0 unspecified atom stereocenters. The Kier molecular flexibility index (Phi) is 6.07. The predicted octanol–water partition coefficient (Wildman–Crippen LogP) is 4.38. The molecule has 0 atom stereocenters. The first kappa shape index (κ1) is 21.5. The van der Waals surface area contributed by atoms with Crippen molar-refractivity contribution in [2.45, 2.75) is 13.0 Å². The zero-order valence-electron chi connectivity index (χ0n) is 18.4. The molecule has 1 aliphatic heterocycles. The molecule has 0 radical (unpaired) electrons. The SMILES string of the molecule is O=C(Cn1nc(-c2ccc3c(c2)OCCCO3)ccc1=O)Nc1ccccc1-c1ccccc1. The van der Waals surface area contributed by atoms with Crippen LogP contribution in [0.15, 0.2) is 89.7 Å². The third-order valence-electron chi connectivity index (χ3n) is 5.49. The minimum absolute atomic E-state index is 0.208. The number of anilines is 1. The van der Waals surface area contributed by atoms with Crippen LogP contribution in [0, 0.1) is 0 Å². The lowest BCUT2D eigenvalue weighted by Gasteiger charge is -2.13.